The quantitative estimate of drug-likeness (QED) is 0.672. The zero-order valence-electron chi connectivity index (χ0n) is 11.7. The van der Waals surface area contributed by atoms with Crippen molar-refractivity contribution in [1.29, 1.82) is 0 Å². The summed E-state index contributed by atoms with van der Waals surface area (Å²) in [6, 6.07) is 9.75. The molecule has 0 amide bonds. The zero-order chi connectivity index (χ0) is 15.6. The van der Waals surface area contributed by atoms with Gasteiger partial charge in [0.1, 0.15) is 5.75 Å². The van der Waals surface area contributed by atoms with E-state index >= 15 is 0 Å². The van der Waals surface area contributed by atoms with Gasteiger partial charge in [-0.2, -0.15) is 0 Å². The van der Waals surface area contributed by atoms with E-state index in [1.54, 1.807) is 37.3 Å². The molecule has 0 aromatic heterocycles. The molecular weight excluding hydrogens is 292 g/mol. The molecule has 110 valence electrons. The van der Waals surface area contributed by atoms with Gasteiger partial charge in [-0.15, -0.1) is 0 Å². The molecule has 0 saturated carbocycles. The van der Waals surface area contributed by atoms with Gasteiger partial charge in [0.15, 0.2) is 0 Å². The van der Waals surface area contributed by atoms with Gasteiger partial charge in [-0.1, -0.05) is 23.7 Å². The monoisotopic (exact) mass is 306 g/mol. The summed E-state index contributed by atoms with van der Waals surface area (Å²) in [5, 5.41) is 11.4. The van der Waals surface area contributed by atoms with Crippen LogP contribution in [-0.4, -0.2) is 4.92 Å². The maximum atomic E-state index is 11.1. The topological polar surface area (TPSA) is 78.4 Å². The third-order valence-corrected chi connectivity index (χ3v) is 3.31. The van der Waals surface area contributed by atoms with Gasteiger partial charge in [0.05, 0.1) is 9.95 Å². The molecule has 2 rings (SSSR count). The minimum absolute atomic E-state index is 0.0951. The Bertz CT molecular complexity index is 687. The number of ether oxygens (including phenoxy) is 1. The predicted octanol–water partition coefficient (Wildman–Crippen LogP) is 4.37. The standard InChI is InChI=1S/C15H15ClN2O3/c1-9-3-5-15(13(7-9)18(19)20)21-14-6-4-11(10(2)17)8-12(14)16/h3-8,10H,17H2,1-2H3. The lowest BCUT2D eigenvalue weighted by molar-refractivity contribution is -0.385. The van der Waals surface area contributed by atoms with E-state index in [1.807, 2.05) is 6.92 Å². The molecule has 0 spiro atoms. The molecule has 0 heterocycles. The molecule has 0 fully saturated rings. The van der Waals surface area contributed by atoms with Gasteiger partial charge >= 0.3 is 5.69 Å². The molecule has 2 N–H and O–H groups in total. The van der Waals surface area contributed by atoms with E-state index in [0.717, 1.165) is 11.1 Å². The number of rotatable bonds is 4. The summed E-state index contributed by atoms with van der Waals surface area (Å²) in [7, 11) is 0. The maximum absolute atomic E-state index is 11.1. The van der Waals surface area contributed by atoms with Gasteiger partial charge in [0.25, 0.3) is 0 Å². The number of nitro groups is 1. The Morgan fingerprint density at radius 1 is 1.24 bits per heavy atom. The molecule has 0 aliphatic rings. The molecule has 21 heavy (non-hydrogen) atoms. The van der Waals surface area contributed by atoms with E-state index in [-0.39, 0.29) is 17.5 Å². The van der Waals surface area contributed by atoms with Crippen molar-refractivity contribution in [2.45, 2.75) is 19.9 Å². The van der Waals surface area contributed by atoms with Crippen LogP contribution in [0.4, 0.5) is 5.69 Å². The van der Waals surface area contributed by atoms with Crippen molar-refractivity contribution >= 4 is 17.3 Å². The Morgan fingerprint density at radius 3 is 2.48 bits per heavy atom. The summed E-state index contributed by atoms with van der Waals surface area (Å²) in [5.41, 5.74) is 7.33. The van der Waals surface area contributed by atoms with Crippen LogP contribution in [0.1, 0.15) is 24.1 Å². The van der Waals surface area contributed by atoms with E-state index in [4.69, 9.17) is 22.1 Å². The van der Waals surface area contributed by atoms with E-state index in [2.05, 4.69) is 0 Å². The van der Waals surface area contributed by atoms with Gasteiger partial charge in [-0.25, -0.2) is 0 Å². The third kappa shape index (κ3) is 3.51. The van der Waals surface area contributed by atoms with Crippen molar-refractivity contribution in [3.63, 3.8) is 0 Å². The lowest BCUT2D eigenvalue weighted by Crippen LogP contribution is -2.04. The van der Waals surface area contributed by atoms with E-state index < -0.39 is 4.92 Å². The molecule has 5 nitrogen and oxygen atoms in total. The average molecular weight is 307 g/mol. The van der Waals surface area contributed by atoms with Crippen LogP contribution in [0.5, 0.6) is 11.5 Å². The summed E-state index contributed by atoms with van der Waals surface area (Å²) < 4.78 is 5.58. The first kappa shape index (κ1) is 15.3. The van der Waals surface area contributed by atoms with E-state index in [9.17, 15) is 10.1 Å². The van der Waals surface area contributed by atoms with Crippen molar-refractivity contribution < 1.29 is 9.66 Å². The summed E-state index contributed by atoms with van der Waals surface area (Å²) in [6.07, 6.45) is 0. The Labute approximate surface area is 127 Å². The molecule has 0 bridgehead atoms. The normalized spacial score (nSPS) is 12.0. The minimum Gasteiger partial charge on any atom is -0.449 e. The van der Waals surface area contributed by atoms with E-state index in [0.29, 0.717) is 10.8 Å². The lowest BCUT2D eigenvalue weighted by Gasteiger charge is -2.11. The second-order valence-corrected chi connectivity index (χ2v) is 5.22. The Balaban J connectivity index is 2.37. The summed E-state index contributed by atoms with van der Waals surface area (Å²) in [4.78, 5) is 10.6. The van der Waals surface area contributed by atoms with E-state index in [1.165, 1.54) is 6.07 Å². The van der Waals surface area contributed by atoms with Crippen molar-refractivity contribution in [3.05, 3.63) is 62.7 Å². The van der Waals surface area contributed by atoms with Gasteiger partial charge in [-0.3, -0.25) is 10.1 Å². The molecule has 0 aliphatic carbocycles. The molecular formula is C15H15ClN2O3. The van der Waals surface area contributed by atoms with Gasteiger partial charge in [-0.05, 0) is 43.2 Å². The van der Waals surface area contributed by atoms with Crippen LogP contribution in [0, 0.1) is 17.0 Å². The first-order valence-corrected chi connectivity index (χ1v) is 6.74. The molecule has 2 aromatic carbocycles. The Morgan fingerprint density at radius 2 is 1.90 bits per heavy atom. The summed E-state index contributed by atoms with van der Waals surface area (Å²) >= 11 is 6.14. The maximum Gasteiger partial charge on any atom is 0.311 e. The second kappa shape index (κ2) is 6.11. The minimum atomic E-state index is -0.480. The third-order valence-electron chi connectivity index (χ3n) is 3.01. The molecule has 2 aromatic rings. The first-order chi connectivity index (χ1) is 9.88. The first-order valence-electron chi connectivity index (χ1n) is 6.36. The molecule has 1 unspecified atom stereocenters. The summed E-state index contributed by atoms with van der Waals surface area (Å²) in [5.74, 6) is 0.508. The van der Waals surface area contributed by atoms with Crippen LogP contribution < -0.4 is 10.5 Å². The van der Waals surface area contributed by atoms with Crippen molar-refractivity contribution in [3.8, 4) is 11.5 Å². The fourth-order valence-electron chi connectivity index (χ4n) is 1.86. The van der Waals surface area contributed by atoms with Crippen LogP contribution in [0.2, 0.25) is 5.02 Å². The highest BCUT2D eigenvalue weighted by atomic mass is 35.5. The number of nitro benzene ring substituents is 1. The molecule has 1 atom stereocenters. The Kier molecular flexibility index (Phi) is 4.45. The SMILES string of the molecule is Cc1ccc(Oc2ccc(C(C)N)cc2Cl)c([N+](=O)[O-])c1. The molecule has 6 heteroatoms. The number of hydrogen-bond acceptors (Lipinski definition) is 4. The number of aryl methyl sites for hydroxylation is 1. The Hall–Kier alpha value is -2.11. The van der Waals surface area contributed by atoms with Crippen LogP contribution in [-0.2, 0) is 0 Å². The average Bonchev–Trinajstić information content (AvgIpc) is 2.42. The van der Waals surface area contributed by atoms with Crippen LogP contribution in [0.15, 0.2) is 36.4 Å². The number of nitrogens with two attached hydrogens (primary N) is 1. The number of halogens is 1. The van der Waals surface area contributed by atoms with Gasteiger partial charge < -0.3 is 10.5 Å². The highest BCUT2D eigenvalue weighted by Crippen LogP contribution is 2.36. The number of nitrogens with zero attached hydrogens (tertiary/aromatic N) is 1. The predicted molar refractivity (Wildman–Crippen MR) is 82.0 cm³/mol. The largest absolute Gasteiger partial charge is 0.449 e. The molecule has 0 aliphatic heterocycles. The molecule has 0 radical (unpaired) electrons. The smallest absolute Gasteiger partial charge is 0.311 e. The second-order valence-electron chi connectivity index (χ2n) is 4.81. The van der Waals surface area contributed by atoms with Crippen LogP contribution >= 0.6 is 11.6 Å². The summed E-state index contributed by atoms with van der Waals surface area (Å²) in [6.45, 7) is 3.62. The number of hydrogen-bond donors (Lipinski definition) is 1. The lowest BCUT2D eigenvalue weighted by atomic mass is 10.1. The molecule has 0 saturated heterocycles. The zero-order valence-corrected chi connectivity index (χ0v) is 12.4. The van der Waals surface area contributed by atoms with Crippen LogP contribution in [0.25, 0.3) is 0 Å². The highest BCUT2D eigenvalue weighted by molar-refractivity contribution is 6.32. The van der Waals surface area contributed by atoms with Crippen LogP contribution in [0.3, 0.4) is 0 Å². The van der Waals surface area contributed by atoms with Crippen molar-refractivity contribution in [2.24, 2.45) is 5.73 Å². The van der Waals surface area contributed by atoms with Crippen molar-refractivity contribution in [1.82, 2.24) is 0 Å². The highest BCUT2D eigenvalue weighted by Gasteiger charge is 2.17. The van der Waals surface area contributed by atoms with Gasteiger partial charge in [0, 0.05) is 12.1 Å². The van der Waals surface area contributed by atoms with Crippen molar-refractivity contribution in [2.75, 3.05) is 0 Å². The van der Waals surface area contributed by atoms with Gasteiger partial charge in [0.2, 0.25) is 5.75 Å². The fourth-order valence-corrected chi connectivity index (χ4v) is 2.09. The number of benzene rings is 2. The fraction of sp³-hybridized carbons (Fsp3) is 0.200.